The SMILES string of the molecule is O=C(c1ccncn1)N1CCC[C@@H](c2ncc(Cc3ccccc3Cl)o2)C1. The number of carbonyl (C=O) groups excluding carboxylic acids is 1. The van der Waals surface area contributed by atoms with E-state index in [1.54, 1.807) is 18.5 Å². The molecule has 0 unspecified atom stereocenters. The van der Waals surface area contributed by atoms with Crippen LogP contribution >= 0.6 is 11.6 Å². The monoisotopic (exact) mass is 382 g/mol. The summed E-state index contributed by atoms with van der Waals surface area (Å²) in [6, 6.07) is 9.34. The van der Waals surface area contributed by atoms with E-state index in [1.165, 1.54) is 6.33 Å². The molecule has 0 bridgehead atoms. The van der Waals surface area contributed by atoms with Gasteiger partial charge in [0.05, 0.1) is 12.1 Å². The minimum absolute atomic E-state index is 0.0788. The lowest BCUT2D eigenvalue weighted by Crippen LogP contribution is -2.39. The Hall–Kier alpha value is -2.73. The number of benzene rings is 1. The van der Waals surface area contributed by atoms with E-state index in [0.717, 1.165) is 29.2 Å². The van der Waals surface area contributed by atoms with Crippen LogP contribution in [0.5, 0.6) is 0 Å². The lowest BCUT2D eigenvalue weighted by Gasteiger charge is -2.31. The number of oxazole rings is 1. The third-order valence-corrected chi connectivity index (χ3v) is 5.12. The van der Waals surface area contributed by atoms with Gasteiger partial charge in [0.15, 0.2) is 5.89 Å². The second-order valence-corrected chi connectivity index (χ2v) is 7.03. The first-order chi connectivity index (χ1) is 13.2. The number of hydrogen-bond acceptors (Lipinski definition) is 5. The smallest absolute Gasteiger partial charge is 0.272 e. The van der Waals surface area contributed by atoms with Crippen molar-refractivity contribution in [2.75, 3.05) is 13.1 Å². The van der Waals surface area contributed by atoms with Crippen LogP contribution in [0, 0.1) is 0 Å². The Kier molecular flexibility index (Phi) is 5.16. The summed E-state index contributed by atoms with van der Waals surface area (Å²) in [5.74, 6) is 1.46. The molecular weight excluding hydrogens is 364 g/mol. The topological polar surface area (TPSA) is 72.1 Å². The van der Waals surface area contributed by atoms with Crippen molar-refractivity contribution >= 4 is 17.5 Å². The molecular formula is C20H19ClN4O2. The van der Waals surface area contributed by atoms with Crippen LogP contribution in [-0.2, 0) is 6.42 Å². The van der Waals surface area contributed by atoms with E-state index in [0.29, 0.717) is 31.1 Å². The van der Waals surface area contributed by atoms with Gasteiger partial charge in [0.2, 0.25) is 0 Å². The Balaban J connectivity index is 1.45. The van der Waals surface area contributed by atoms with Gasteiger partial charge in [-0.05, 0) is 30.5 Å². The van der Waals surface area contributed by atoms with Gasteiger partial charge in [-0.15, -0.1) is 0 Å². The summed E-state index contributed by atoms with van der Waals surface area (Å²) in [7, 11) is 0. The normalized spacial score (nSPS) is 17.1. The maximum Gasteiger partial charge on any atom is 0.272 e. The van der Waals surface area contributed by atoms with Crippen LogP contribution in [0.4, 0.5) is 0 Å². The third kappa shape index (κ3) is 4.01. The average molecular weight is 383 g/mol. The maximum absolute atomic E-state index is 12.6. The second kappa shape index (κ2) is 7.88. The number of hydrogen-bond donors (Lipinski definition) is 0. The van der Waals surface area contributed by atoms with Gasteiger partial charge in [-0.3, -0.25) is 4.79 Å². The molecule has 1 amide bonds. The fraction of sp³-hybridized carbons (Fsp3) is 0.300. The molecule has 6 nitrogen and oxygen atoms in total. The molecule has 2 aromatic heterocycles. The predicted molar refractivity (Wildman–Crippen MR) is 101 cm³/mol. The van der Waals surface area contributed by atoms with E-state index in [-0.39, 0.29) is 11.8 Å². The van der Waals surface area contributed by atoms with E-state index in [9.17, 15) is 4.79 Å². The fourth-order valence-electron chi connectivity index (χ4n) is 3.36. The van der Waals surface area contributed by atoms with Crippen molar-refractivity contribution in [1.82, 2.24) is 19.9 Å². The molecule has 1 fully saturated rings. The summed E-state index contributed by atoms with van der Waals surface area (Å²) >= 11 is 6.23. The number of rotatable bonds is 4. The fourth-order valence-corrected chi connectivity index (χ4v) is 3.57. The lowest BCUT2D eigenvalue weighted by atomic mass is 9.97. The largest absolute Gasteiger partial charge is 0.445 e. The summed E-state index contributed by atoms with van der Waals surface area (Å²) in [6.07, 6.45) is 7.18. The lowest BCUT2D eigenvalue weighted by molar-refractivity contribution is 0.0691. The Morgan fingerprint density at radius 3 is 2.96 bits per heavy atom. The van der Waals surface area contributed by atoms with Crippen molar-refractivity contribution in [1.29, 1.82) is 0 Å². The molecule has 0 saturated carbocycles. The molecule has 1 aromatic carbocycles. The highest BCUT2D eigenvalue weighted by Crippen LogP contribution is 2.28. The minimum atomic E-state index is -0.0788. The molecule has 0 radical (unpaired) electrons. The Bertz CT molecular complexity index is 928. The van der Waals surface area contributed by atoms with Gasteiger partial charge < -0.3 is 9.32 Å². The van der Waals surface area contributed by atoms with Gasteiger partial charge in [-0.2, -0.15) is 0 Å². The summed E-state index contributed by atoms with van der Waals surface area (Å²) in [6.45, 7) is 1.29. The van der Waals surface area contributed by atoms with E-state index in [2.05, 4.69) is 15.0 Å². The number of likely N-dealkylation sites (tertiary alicyclic amines) is 1. The van der Waals surface area contributed by atoms with Crippen LogP contribution in [0.2, 0.25) is 5.02 Å². The van der Waals surface area contributed by atoms with Crippen molar-refractivity contribution in [3.63, 3.8) is 0 Å². The third-order valence-electron chi connectivity index (χ3n) is 4.75. The zero-order chi connectivity index (χ0) is 18.6. The number of carbonyl (C=O) groups is 1. The molecule has 0 N–H and O–H groups in total. The van der Waals surface area contributed by atoms with Crippen molar-refractivity contribution in [2.45, 2.75) is 25.2 Å². The molecule has 0 spiro atoms. The highest BCUT2D eigenvalue weighted by Gasteiger charge is 2.28. The van der Waals surface area contributed by atoms with Gasteiger partial charge in [0.1, 0.15) is 17.8 Å². The molecule has 1 aliphatic rings. The van der Waals surface area contributed by atoms with Gasteiger partial charge in [-0.25, -0.2) is 15.0 Å². The van der Waals surface area contributed by atoms with Crippen LogP contribution < -0.4 is 0 Å². The van der Waals surface area contributed by atoms with Crippen LogP contribution in [0.1, 0.15) is 46.5 Å². The van der Waals surface area contributed by atoms with Crippen molar-refractivity contribution in [2.24, 2.45) is 0 Å². The molecule has 7 heteroatoms. The number of halogens is 1. The average Bonchev–Trinajstić information content (AvgIpc) is 3.19. The van der Waals surface area contributed by atoms with Gasteiger partial charge in [0.25, 0.3) is 5.91 Å². The molecule has 1 saturated heterocycles. The molecule has 138 valence electrons. The van der Waals surface area contributed by atoms with Crippen molar-refractivity contribution < 1.29 is 9.21 Å². The van der Waals surface area contributed by atoms with E-state index >= 15 is 0 Å². The Morgan fingerprint density at radius 2 is 2.15 bits per heavy atom. The number of nitrogens with zero attached hydrogens (tertiary/aromatic N) is 4. The first-order valence-electron chi connectivity index (χ1n) is 8.94. The Morgan fingerprint density at radius 1 is 1.26 bits per heavy atom. The van der Waals surface area contributed by atoms with Gasteiger partial charge in [0, 0.05) is 30.7 Å². The molecule has 27 heavy (non-hydrogen) atoms. The second-order valence-electron chi connectivity index (χ2n) is 6.62. The molecule has 3 aromatic rings. The highest BCUT2D eigenvalue weighted by molar-refractivity contribution is 6.31. The zero-order valence-corrected chi connectivity index (χ0v) is 15.5. The zero-order valence-electron chi connectivity index (χ0n) is 14.7. The summed E-state index contributed by atoms with van der Waals surface area (Å²) in [5.41, 5.74) is 1.42. The standard InChI is InChI=1S/C20H19ClN4O2/c21-17-6-2-1-4-14(17)10-16-11-23-19(27-16)15-5-3-9-25(12-15)20(26)18-7-8-22-13-24-18/h1-2,4,6-8,11,13,15H,3,5,9-10,12H2/t15-/m1/s1. The summed E-state index contributed by atoms with van der Waals surface area (Å²) in [5, 5.41) is 0.717. The first-order valence-corrected chi connectivity index (χ1v) is 9.32. The molecule has 1 aliphatic heterocycles. The van der Waals surface area contributed by atoms with Crippen LogP contribution in [0.25, 0.3) is 0 Å². The first kappa shape index (κ1) is 17.7. The van der Waals surface area contributed by atoms with Crippen LogP contribution in [0.15, 0.2) is 53.5 Å². The number of aromatic nitrogens is 3. The highest BCUT2D eigenvalue weighted by atomic mass is 35.5. The molecule has 3 heterocycles. The number of piperidine rings is 1. The van der Waals surface area contributed by atoms with E-state index < -0.39 is 0 Å². The van der Waals surface area contributed by atoms with Crippen LogP contribution in [0.3, 0.4) is 0 Å². The van der Waals surface area contributed by atoms with Gasteiger partial charge in [-0.1, -0.05) is 29.8 Å². The van der Waals surface area contributed by atoms with E-state index in [4.69, 9.17) is 16.0 Å². The van der Waals surface area contributed by atoms with Crippen LogP contribution in [-0.4, -0.2) is 38.8 Å². The quantitative estimate of drug-likeness (QED) is 0.687. The molecule has 1 atom stereocenters. The summed E-state index contributed by atoms with van der Waals surface area (Å²) in [4.78, 5) is 26.8. The molecule has 0 aliphatic carbocycles. The van der Waals surface area contributed by atoms with E-state index in [1.807, 2.05) is 29.2 Å². The minimum Gasteiger partial charge on any atom is -0.445 e. The van der Waals surface area contributed by atoms with Crippen molar-refractivity contribution in [3.8, 4) is 0 Å². The number of amides is 1. The van der Waals surface area contributed by atoms with Crippen molar-refractivity contribution in [3.05, 3.63) is 77.0 Å². The maximum atomic E-state index is 12.6. The Labute approximate surface area is 162 Å². The molecule has 4 rings (SSSR count). The summed E-state index contributed by atoms with van der Waals surface area (Å²) < 4.78 is 5.98. The van der Waals surface area contributed by atoms with Gasteiger partial charge >= 0.3 is 0 Å². The predicted octanol–water partition coefficient (Wildman–Crippen LogP) is 3.73.